The standard InChI is InChI=1S/C15H11ClOS/c16-11-6-7-12-14(8-11)17-13(9-15(12)18)10-4-2-1-3-5-10/h1-8,13H,9H2/t13-/m1/s1. The summed E-state index contributed by atoms with van der Waals surface area (Å²) in [6.07, 6.45) is 0.734. The Morgan fingerprint density at radius 1 is 1.11 bits per heavy atom. The number of benzene rings is 2. The smallest absolute Gasteiger partial charge is 0.130 e. The molecule has 90 valence electrons. The number of thiocarbonyl (C=S) groups is 1. The van der Waals surface area contributed by atoms with Crippen LogP contribution in [0.1, 0.15) is 23.7 Å². The van der Waals surface area contributed by atoms with Crippen molar-refractivity contribution in [1.29, 1.82) is 0 Å². The highest BCUT2D eigenvalue weighted by Crippen LogP contribution is 2.36. The van der Waals surface area contributed by atoms with E-state index in [1.54, 1.807) is 0 Å². The molecule has 1 nitrogen and oxygen atoms in total. The van der Waals surface area contributed by atoms with Crippen LogP contribution in [0.2, 0.25) is 5.02 Å². The number of ether oxygens (including phenoxy) is 1. The number of hydrogen-bond acceptors (Lipinski definition) is 2. The average molecular weight is 275 g/mol. The predicted molar refractivity (Wildman–Crippen MR) is 77.6 cm³/mol. The Kier molecular flexibility index (Phi) is 3.06. The molecular formula is C15H11ClOS. The van der Waals surface area contributed by atoms with Crippen LogP contribution in [0.15, 0.2) is 48.5 Å². The topological polar surface area (TPSA) is 9.23 Å². The van der Waals surface area contributed by atoms with Crippen LogP contribution >= 0.6 is 23.8 Å². The lowest BCUT2D eigenvalue weighted by Crippen LogP contribution is -2.19. The van der Waals surface area contributed by atoms with Crippen LogP contribution in [-0.2, 0) is 0 Å². The lowest BCUT2D eigenvalue weighted by atomic mass is 9.97. The zero-order valence-corrected chi connectivity index (χ0v) is 11.2. The summed E-state index contributed by atoms with van der Waals surface area (Å²) in [7, 11) is 0. The summed E-state index contributed by atoms with van der Waals surface area (Å²) in [5.74, 6) is 0.785. The minimum atomic E-state index is -0.00957. The Bertz CT molecular complexity index is 595. The fraction of sp³-hybridized carbons (Fsp3) is 0.133. The second kappa shape index (κ2) is 4.71. The van der Waals surface area contributed by atoms with Crippen molar-refractivity contribution in [3.63, 3.8) is 0 Å². The Balaban J connectivity index is 1.98. The lowest BCUT2D eigenvalue weighted by Gasteiger charge is -2.27. The van der Waals surface area contributed by atoms with Crippen molar-refractivity contribution >= 4 is 28.7 Å². The maximum atomic E-state index is 6.00. The first-order valence-corrected chi connectivity index (χ1v) is 6.57. The first-order chi connectivity index (χ1) is 8.74. The highest BCUT2D eigenvalue weighted by Gasteiger charge is 2.24. The molecule has 1 aliphatic heterocycles. The van der Waals surface area contributed by atoms with Crippen LogP contribution in [0.3, 0.4) is 0 Å². The van der Waals surface area contributed by atoms with Crippen LogP contribution in [0.4, 0.5) is 0 Å². The molecule has 1 heterocycles. The molecule has 1 atom stereocenters. The van der Waals surface area contributed by atoms with E-state index >= 15 is 0 Å². The molecule has 0 aliphatic carbocycles. The van der Waals surface area contributed by atoms with Gasteiger partial charge in [0, 0.05) is 21.9 Å². The second-order valence-electron chi connectivity index (χ2n) is 4.28. The van der Waals surface area contributed by atoms with E-state index in [-0.39, 0.29) is 6.10 Å². The molecule has 2 aromatic carbocycles. The SMILES string of the molecule is S=C1C[C@H](c2ccccc2)Oc2cc(Cl)ccc21. The molecule has 0 saturated heterocycles. The number of fused-ring (bicyclic) bond motifs is 1. The Morgan fingerprint density at radius 3 is 2.67 bits per heavy atom. The Hall–Kier alpha value is -1.38. The predicted octanol–water partition coefficient (Wildman–Crippen LogP) is 4.58. The van der Waals surface area contributed by atoms with E-state index in [1.165, 1.54) is 0 Å². The molecule has 18 heavy (non-hydrogen) atoms. The van der Waals surface area contributed by atoms with Gasteiger partial charge in [-0.2, -0.15) is 0 Å². The largest absolute Gasteiger partial charge is 0.485 e. The summed E-state index contributed by atoms with van der Waals surface area (Å²) in [6, 6.07) is 15.7. The van der Waals surface area contributed by atoms with E-state index in [9.17, 15) is 0 Å². The van der Waals surface area contributed by atoms with E-state index in [4.69, 9.17) is 28.6 Å². The fourth-order valence-electron chi connectivity index (χ4n) is 2.15. The molecule has 0 fully saturated rings. The van der Waals surface area contributed by atoms with E-state index in [0.29, 0.717) is 5.02 Å². The molecule has 0 spiro atoms. The third-order valence-corrected chi connectivity index (χ3v) is 3.68. The lowest BCUT2D eigenvalue weighted by molar-refractivity contribution is 0.207. The van der Waals surface area contributed by atoms with Crippen LogP contribution in [0, 0.1) is 0 Å². The van der Waals surface area contributed by atoms with Gasteiger partial charge in [-0.25, -0.2) is 0 Å². The number of halogens is 1. The molecule has 0 radical (unpaired) electrons. The normalized spacial score (nSPS) is 18.1. The monoisotopic (exact) mass is 274 g/mol. The van der Waals surface area contributed by atoms with Gasteiger partial charge in [-0.05, 0) is 23.8 Å². The van der Waals surface area contributed by atoms with Crippen molar-refractivity contribution in [1.82, 2.24) is 0 Å². The van der Waals surface area contributed by atoms with E-state index in [1.807, 2.05) is 36.4 Å². The van der Waals surface area contributed by atoms with Crippen LogP contribution in [-0.4, -0.2) is 4.86 Å². The van der Waals surface area contributed by atoms with Gasteiger partial charge in [-0.3, -0.25) is 0 Å². The quantitative estimate of drug-likeness (QED) is 0.704. The highest BCUT2D eigenvalue weighted by molar-refractivity contribution is 7.80. The molecule has 0 amide bonds. The van der Waals surface area contributed by atoms with Crippen molar-refractivity contribution in [3.8, 4) is 5.75 Å². The highest BCUT2D eigenvalue weighted by atomic mass is 35.5. The Morgan fingerprint density at radius 2 is 1.89 bits per heavy atom. The summed E-state index contributed by atoms with van der Waals surface area (Å²) in [6.45, 7) is 0. The zero-order valence-electron chi connectivity index (χ0n) is 9.60. The maximum Gasteiger partial charge on any atom is 0.130 e. The van der Waals surface area contributed by atoms with Gasteiger partial charge in [-0.1, -0.05) is 54.2 Å². The van der Waals surface area contributed by atoms with Gasteiger partial charge in [0.1, 0.15) is 11.9 Å². The van der Waals surface area contributed by atoms with Gasteiger partial charge in [0.2, 0.25) is 0 Å². The fourth-order valence-corrected chi connectivity index (χ4v) is 2.63. The second-order valence-corrected chi connectivity index (χ2v) is 5.21. The summed E-state index contributed by atoms with van der Waals surface area (Å²) < 4.78 is 6.00. The average Bonchev–Trinajstić information content (AvgIpc) is 2.39. The zero-order chi connectivity index (χ0) is 12.5. The minimum Gasteiger partial charge on any atom is -0.485 e. The third kappa shape index (κ3) is 2.14. The minimum absolute atomic E-state index is 0.00957. The van der Waals surface area contributed by atoms with Crippen molar-refractivity contribution in [2.75, 3.05) is 0 Å². The Labute approximate surface area is 116 Å². The molecule has 0 aromatic heterocycles. The summed E-state index contributed by atoms with van der Waals surface area (Å²) in [5, 5.41) is 0.672. The molecule has 0 N–H and O–H groups in total. The first kappa shape index (κ1) is 11.7. The summed E-state index contributed by atoms with van der Waals surface area (Å²) >= 11 is 11.5. The van der Waals surface area contributed by atoms with E-state index < -0.39 is 0 Å². The summed E-state index contributed by atoms with van der Waals surface area (Å²) in [4.78, 5) is 0.932. The van der Waals surface area contributed by atoms with E-state index in [2.05, 4.69) is 12.1 Å². The van der Waals surface area contributed by atoms with Gasteiger partial charge >= 0.3 is 0 Å². The molecule has 1 aliphatic rings. The first-order valence-electron chi connectivity index (χ1n) is 5.78. The van der Waals surface area contributed by atoms with Gasteiger partial charge in [0.15, 0.2) is 0 Å². The third-order valence-electron chi connectivity index (χ3n) is 3.06. The van der Waals surface area contributed by atoms with Gasteiger partial charge < -0.3 is 4.74 Å². The number of rotatable bonds is 1. The van der Waals surface area contributed by atoms with Crippen LogP contribution < -0.4 is 4.74 Å². The van der Waals surface area contributed by atoms with Crippen molar-refractivity contribution in [2.24, 2.45) is 0 Å². The molecular weight excluding hydrogens is 264 g/mol. The van der Waals surface area contributed by atoms with Gasteiger partial charge in [0.25, 0.3) is 0 Å². The van der Waals surface area contributed by atoms with Gasteiger partial charge in [-0.15, -0.1) is 0 Å². The molecule has 2 aromatic rings. The van der Waals surface area contributed by atoms with Crippen molar-refractivity contribution < 1.29 is 4.74 Å². The maximum absolute atomic E-state index is 6.00. The van der Waals surface area contributed by atoms with Crippen molar-refractivity contribution in [2.45, 2.75) is 12.5 Å². The van der Waals surface area contributed by atoms with Crippen molar-refractivity contribution in [3.05, 3.63) is 64.7 Å². The number of hydrogen-bond donors (Lipinski definition) is 0. The molecule has 3 heteroatoms. The van der Waals surface area contributed by atoms with Crippen LogP contribution in [0.25, 0.3) is 0 Å². The molecule has 0 unspecified atom stereocenters. The molecule has 0 bridgehead atoms. The summed E-state index contributed by atoms with van der Waals surface area (Å²) in [5.41, 5.74) is 2.13. The van der Waals surface area contributed by atoms with E-state index in [0.717, 1.165) is 28.2 Å². The van der Waals surface area contributed by atoms with Crippen LogP contribution in [0.5, 0.6) is 5.75 Å². The molecule has 0 saturated carbocycles. The molecule has 3 rings (SSSR count). The van der Waals surface area contributed by atoms with Gasteiger partial charge in [0.05, 0.1) is 0 Å².